The average Bonchev–Trinajstić information content (AvgIpc) is 2.86. The minimum absolute atomic E-state index is 0.164. The van der Waals surface area contributed by atoms with Crippen molar-refractivity contribution in [2.24, 2.45) is 0 Å². The first-order chi connectivity index (χ1) is 17.5. The van der Waals surface area contributed by atoms with Crippen molar-refractivity contribution in [2.45, 2.75) is 52.6 Å². The molecular weight excluding hydrogens is 494 g/mol. The normalized spacial score (nSPS) is 11.9. The summed E-state index contributed by atoms with van der Waals surface area (Å²) in [6, 6.07) is 11.6. The lowest BCUT2D eigenvalue weighted by Crippen LogP contribution is -2.52. The first-order valence-electron chi connectivity index (χ1n) is 12.4. The van der Waals surface area contributed by atoms with Crippen molar-refractivity contribution in [2.75, 3.05) is 37.9 Å². The van der Waals surface area contributed by atoms with Crippen LogP contribution in [0.4, 0.5) is 5.69 Å². The molecule has 0 radical (unpaired) electrons. The molecule has 2 aromatic rings. The van der Waals surface area contributed by atoms with Gasteiger partial charge < -0.3 is 19.7 Å². The van der Waals surface area contributed by atoms with Gasteiger partial charge in [-0.25, -0.2) is 8.42 Å². The molecule has 0 spiro atoms. The summed E-state index contributed by atoms with van der Waals surface area (Å²) in [6.45, 7) is 6.00. The number of aryl methyl sites for hydroxylation is 1. The quantitative estimate of drug-likeness (QED) is 0.373. The van der Waals surface area contributed by atoms with Crippen molar-refractivity contribution in [1.29, 1.82) is 0 Å². The van der Waals surface area contributed by atoms with Gasteiger partial charge in [0, 0.05) is 19.2 Å². The minimum Gasteiger partial charge on any atom is -0.497 e. The van der Waals surface area contributed by atoms with Gasteiger partial charge in [-0.3, -0.25) is 13.9 Å². The van der Waals surface area contributed by atoms with Gasteiger partial charge in [0.25, 0.3) is 0 Å². The highest BCUT2D eigenvalue weighted by Crippen LogP contribution is 2.33. The Balaban J connectivity index is 2.47. The molecule has 0 aliphatic carbocycles. The van der Waals surface area contributed by atoms with Gasteiger partial charge in [0.05, 0.1) is 26.2 Å². The van der Waals surface area contributed by atoms with E-state index in [0.717, 1.165) is 34.5 Å². The molecule has 0 saturated carbocycles. The number of ether oxygens (including phenoxy) is 2. The fourth-order valence-corrected chi connectivity index (χ4v) is 4.87. The maximum absolute atomic E-state index is 13.8. The second-order valence-corrected chi connectivity index (χ2v) is 10.8. The van der Waals surface area contributed by atoms with Gasteiger partial charge in [0.2, 0.25) is 21.8 Å². The van der Waals surface area contributed by atoms with E-state index in [1.54, 1.807) is 12.1 Å². The van der Waals surface area contributed by atoms with Gasteiger partial charge in [0.1, 0.15) is 24.1 Å². The number of unbranched alkanes of at least 4 members (excludes halogenated alkanes) is 1. The van der Waals surface area contributed by atoms with E-state index in [9.17, 15) is 18.0 Å². The number of hydrogen-bond donors (Lipinski definition) is 1. The standard InChI is InChI=1S/C27H39N3O6S/c1-7-9-15-28-27(32)23(8-2)29(18-21-12-10-11-20(3)16-21)26(31)19-30(37(6,33)34)24-14-13-22(35-4)17-25(24)36-5/h10-14,16-17,23H,7-9,15,18-19H2,1-6H3,(H,28,32)/t23-/m0/s1. The molecule has 0 bridgehead atoms. The molecule has 0 aliphatic heterocycles. The third kappa shape index (κ3) is 8.38. The van der Waals surface area contributed by atoms with Crippen LogP contribution in [0.25, 0.3) is 0 Å². The largest absolute Gasteiger partial charge is 0.497 e. The van der Waals surface area contributed by atoms with Gasteiger partial charge in [-0.05, 0) is 37.5 Å². The van der Waals surface area contributed by atoms with Gasteiger partial charge in [-0.2, -0.15) is 0 Å². The Morgan fingerprint density at radius 1 is 1.05 bits per heavy atom. The zero-order valence-electron chi connectivity index (χ0n) is 22.6. The van der Waals surface area contributed by atoms with Crippen molar-refractivity contribution in [1.82, 2.24) is 10.2 Å². The number of carbonyl (C=O) groups is 2. The van der Waals surface area contributed by atoms with E-state index in [1.807, 2.05) is 45.0 Å². The zero-order valence-corrected chi connectivity index (χ0v) is 23.4. The van der Waals surface area contributed by atoms with E-state index in [-0.39, 0.29) is 23.9 Å². The van der Waals surface area contributed by atoms with E-state index in [0.29, 0.717) is 18.7 Å². The van der Waals surface area contributed by atoms with Gasteiger partial charge in [-0.1, -0.05) is 50.1 Å². The molecule has 0 heterocycles. The zero-order chi connectivity index (χ0) is 27.6. The van der Waals surface area contributed by atoms with Crippen molar-refractivity contribution in [3.63, 3.8) is 0 Å². The smallest absolute Gasteiger partial charge is 0.244 e. The molecule has 1 N–H and O–H groups in total. The highest BCUT2D eigenvalue weighted by Gasteiger charge is 2.32. The Labute approximate surface area is 220 Å². The molecule has 204 valence electrons. The highest BCUT2D eigenvalue weighted by molar-refractivity contribution is 7.92. The number of nitrogens with zero attached hydrogens (tertiary/aromatic N) is 2. The number of sulfonamides is 1. The third-order valence-electron chi connectivity index (χ3n) is 5.99. The molecule has 2 aromatic carbocycles. The van der Waals surface area contributed by atoms with Crippen molar-refractivity contribution in [3.05, 3.63) is 53.6 Å². The summed E-state index contributed by atoms with van der Waals surface area (Å²) in [7, 11) is -0.977. The van der Waals surface area contributed by atoms with Crippen LogP contribution in [0.2, 0.25) is 0 Å². The number of hydrogen-bond acceptors (Lipinski definition) is 6. The third-order valence-corrected chi connectivity index (χ3v) is 7.11. The van der Waals surface area contributed by atoms with E-state index in [4.69, 9.17) is 9.47 Å². The van der Waals surface area contributed by atoms with Gasteiger partial charge >= 0.3 is 0 Å². The maximum atomic E-state index is 13.8. The predicted molar refractivity (Wildman–Crippen MR) is 145 cm³/mol. The Bertz CT molecular complexity index is 1170. The molecule has 0 aromatic heterocycles. The molecule has 0 unspecified atom stereocenters. The second-order valence-electron chi connectivity index (χ2n) is 8.89. The molecule has 2 rings (SSSR count). The molecule has 2 amide bonds. The highest BCUT2D eigenvalue weighted by atomic mass is 32.2. The summed E-state index contributed by atoms with van der Waals surface area (Å²) in [5, 5.41) is 2.91. The summed E-state index contributed by atoms with van der Waals surface area (Å²) in [4.78, 5) is 28.4. The number of rotatable bonds is 14. The molecule has 1 atom stereocenters. The fourth-order valence-electron chi connectivity index (χ4n) is 4.02. The summed E-state index contributed by atoms with van der Waals surface area (Å²) >= 11 is 0. The average molecular weight is 534 g/mol. The number of amides is 2. The van der Waals surface area contributed by atoms with Crippen molar-refractivity contribution < 1.29 is 27.5 Å². The van der Waals surface area contributed by atoms with Crippen LogP contribution in [-0.4, -0.2) is 64.7 Å². The number of methoxy groups -OCH3 is 2. The predicted octanol–water partition coefficient (Wildman–Crippen LogP) is 3.50. The van der Waals surface area contributed by atoms with Crippen LogP contribution in [0.5, 0.6) is 11.5 Å². The van der Waals surface area contributed by atoms with Crippen LogP contribution in [-0.2, 0) is 26.2 Å². The summed E-state index contributed by atoms with van der Waals surface area (Å²) < 4.78 is 37.3. The monoisotopic (exact) mass is 533 g/mol. The SMILES string of the molecule is CCCCNC(=O)[C@H](CC)N(Cc1cccc(C)c1)C(=O)CN(c1ccc(OC)cc1OC)S(C)(=O)=O. The molecule has 37 heavy (non-hydrogen) atoms. The summed E-state index contributed by atoms with van der Waals surface area (Å²) in [5.41, 5.74) is 2.07. The van der Waals surface area contributed by atoms with Crippen LogP contribution >= 0.6 is 0 Å². The van der Waals surface area contributed by atoms with Gasteiger partial charge in [-0.15, -0.1) is 0 Å². The number of nitrogens with one attached hydrogen (secondary N) is 1. The Kier molecular flexibility index (Phi) is 11.2. The summed E-state index contributed by atoms with van der Waals surface area (Å²) in [5.74, 6) is -0.0319. The number of benzene rings is 2. The fraction of sp³-hybridized carbons (Fsp3) is 0.481. The first kappa shape index (κ1) is 30.0. The lowest BCUT2D eigenvalue weighted by atomic mass is 10.1. The summed E-state index contributed by atoms with van der Waals surface area (Å²) in [6.07, 6.45) is 3.16. The van der Waals surface area contributed by atoms with E-state index in [2.05, 4.69) is 5.32 Å². The van der Waals surface area contributed by atoms with Crippen molar-refractivity contribution in [3.8, 4) is 11.5 Å². The Morgan fingerprint density at radius 2 is 1.78 bits per heavy atom. The number of carbonyl (C=O) groups excluding carboxylic acids is 2. The van der Waals surface area contributed by atoms with Gasteiger partial charge in [0.15, 0.2) is 0 Å². The Hall–Kier alpha value is -3.27. The first-order valence-corrected chi connectivity index (χ1v) is 14.2. The lowest BCUT2D eigenvalue weighted by molar-refractivity contribution is -0.140. The van der Waals surface area contributed by atoms with Crippen LogP contribution in [0.15, 0.2) is 42.5 Å². The van der Waals surface area contributed by atoms with Crippen LogP contribution < -0.4 is 19.1 Å². The van der Waals surface area contributed by atoms with E-state index >= 15 is 0 Å². The second kappa shape index (κ2) is 13.9. The van der Waals surface area contributed by atoms with E-state index in [1.165, 1.54) is 25.2 Å². The molecule has 10 heteroatoms. The molecule has 9 nitrogen and oxygen atoms in total. The van der Waals surface area contributed by atoms with Crippen molar-refractivity contribution >= 4 is 27.5 Å². The van der Waals surface area contributed by atoms with E-state index < -0.39 is 28.5 Å². The Morgan fingerprint density at radius 3 is 2.35 bits per heavy atom. The molecule has 0 fully saturated rings. The minimum atomic E-state index is -3.88. The van der Waals surface area contributed by atoms with Crippen LogP contribution in [0.1, 0.15) is 44.2 Å². The van der Waals surface area contributed by atoms with Crippen LogP contribution in [0, 0.1) is 6.92 Å². The molecule has 0 saturated heterocycles. The molecule has 0 aliphatic rings. The topological polar surface area (TPSA) is 105 Å². The lowest BCUT2D eigenvalue weighted by Gasteiger charge is -2.33. The van der Waals surface area contributed by atoms with Crippen LogP contribution in [0.3, 0.4) is 0 Å². The maximum Gasteiger partial charge on any atom is 0.244 e. The molecular formula is C27H39N3O6S. The number of anilines is 1.